The first-order chi connectivity index (χ1) is 5.06. The number of hydrogen-bond acceptors (Lipinski definition) is 1. The highest BCUT2D eigenvalue weighted by Gasteiger charge is 2.25. The molecule has 1 N–H and O–H groups in total. The van der Waals surface area contributed by atoms with Gasteiger partial charge in [-0.25, -0.2) is 0 Å². The molecule has 0 aromatic rings. The van der Waals surface area contributed by atoms with Crippen LogP contribution in [0.25, 0.3) is 0 Å². The highest BCUT2D eigenvalue weighted by Crippen LogP contribution is 2.20. The van der Waals surface area contributed by atoms with Gasteiger partial charge in [-0.1, -0.05) is 22.6 Å². The van der Waals surface area contributed by atoms with Crippen molar-refractivity contribution < 1.29 is 13.2 Å². The largest absolute Gasteiger partial charge is 0.389 e. The van der Waals surface area contributed by atoms with Crippen molar-refractivity contribution >= 4 is 22.6 Å². The van der Waals surface area contributed by atoms with E-state index in [1.807, 2.05) is 0 Å². The van der Waals surface area contributed by atoms with Gasteiger partial charge in [-0.3, -0.25) is 0 Å². The minimum Gasteiger partial charge on any atom is -0.316 e. The van der Waals surface area contributed by atoms with Crippen LogP contribution in [0, 0.1) is 0 Å². The fraction of sp³-hybridized carbons (Fsp3) is 1.00. The Bertz CT molecular complexity index is 94.3. The molecule has 0 atom stereocenters. The van der Waals surface area contributed by atoms with E-state index < -0.39 is 12.6 Å². The zero-order valence-electron chi connectivity index (χ0n) is 6.05. The molecule has 1 nitrogen and oxygen atoms in total. The van der Waals surface area contributed by atoms with Gasteiger partial charge in [0.2, 0.25) is 0 Å². The molecule has 0 aromatic heterocycles. The summed E-state index contributed by atoms with van der Waals surface area (Å²) >= 11 is 2.17. The summed E-state index contributed by atoms with van der Waals surface area (Å²) in [6.07, 6.45) is -4.49. The number of hydrogen-bond donors (Lipinski definition) is 1. The molecule has 0 spiro atoms. The summed E-state index contributed by atoms with van der Waals surface area (Å²) in [5.41, 5.74) is 0. The molecule has 0 aliphatic heterocycles. The van der Waals surface area contributed by atoms with Crippen molar-refractivity contribution in [3.8, 4) is 0 Å². The van der Waals surface area contributed by atoms with Crippen LogP contribution in [0.2, 0.25) is 0 Å². The summed E-state index contributed by atoms with van der Waals surface area (Å²) in [6, 6.07) is 0. The fourth-order valence-electron chi connectivity index (χ4n) is 0.606. The third-order valence-corrected chi connectivity index (χ3v) is 1.62. The average molecular weight is 281 g/mol. The molecule has 0 amide bonds. The van der Waals surface area contributed by atoms with Crippen LogP contribution in [0.15, 0.2) is 0 Å². The second kappa shape index (κ2) is 6.05. The van der Waals surface area contributed by atoms with E-state index >= 15 is 0 Å². The van der Waals surface area contributed by atoms with Gasteiger partial charge in [0.1, 0.15) is 0 Å². The second-order valence-electron chi connectivity index (χ2n) is 2.16. The van der Waals surface area contributed by atoms with E-state index in [9.17, 15) is 13.2 Å². The van der Waals surface area contributed by atoms with Crippen LogP contribution in [-0.2, 0) is 0 Å². The fourth-order valence-corrected chi connectivity index (χ4v) is 0.987. The van der Waals surface area contributed by atoms with Crippen LogP contribution in [0.3, 0.4) is 0 Å². The van der Waals surface area contributed by atoms with Crippen molar-refractivity contribution in [3.05, 3.63) is 0 Å². The van der Waals surface area contributed by atoms with Crippen molar-refractivity contribution in [2.24, 2.45) is 0 Å². The summed E-state index contributed by atoms with van der Waals surface area (Å²) in [4.78, 5) is 0. The zero-order chi connectivity index (χ0) is 8.74. The highest BCUT2D eigenvalue weighted by atomic mass is 127. The highest BCUT2D eigenvalue weighted by molar-refractivity contribution is 14.1. The predicted molar refractivity (Wildman–Crippen MR) is 47.0 cm³/mol. The SMILES string of the molecule is FC(F)(F)CCCNCCI. The Labute approximate surface area is 77.9 Å². The number of nitrogens with one attached hydrogen (secondary N) is 1. The van der Waals surface area contributed by atoms with Crippen LogP contribution in [0.5, 0.6) is 0 Å². The van der Waals surface area contributed by atoms with Crippen LogP contribution >= 0.6 is 22.6 Å². The summed E-state index contributed by atoms with van der Waals surface area (Å²) < 4.78 is 35.5. The van der Waals surface area contributed by atoms with E-state index in [4.69, 9.17) is 0 Å². The summed E-state index contributed by atoms with van der Waals surface area (Å²) in [7, 11) is 0. The van der Waals surface area contributed by atoms with Crippen molar-refractivity contribution in [2.75, 3.05) is 17.5 Å². The van der Waals surface area contributed by atoms with Gasteiger partial charge in [0.05, 0.1) is 0 Å². The minimum absolute atomic E-state index is 0.181. The molecule has 5 heteroatoms. The van der Waals surface area contributed by atoms with E-state index in [1.165, 1.54) is 0 Å². The molecule has 0 heterocycles. The van der Waals surface area contributed by atoms with Gasteiger partial charge < -0.3 is 5.32 Å². The lowest BCUT2D eigenvalue weighted by Crippen LogP contribution is -2.19. The Balaban J connectivity index is 3.02. The van der Waals surface area contributed by atoms with Crippen molar-refractivity contribution in [2.45, 2.75) is 19.0 Å². The Morgan fingerprint density at radius 3 is 2.27 bits per heavy atom. The monoisotopic (exact) mass is 281 g/mol. The normalized spacial score (nSPS) is 12.0. The van der Waals surface area contributed by atoms with Crippen LogP contribution in [-0.4, -0.2) is 23.7 Å². The van der Waals surface area contributed by atoms with E-state index in [1.54, 1.807) is 0 Å². The molecule has 68 valence electrons. The maximum Gasteiger partial charge on any atom is 0.389 e. The number of alkyl halides is 4. The van der Waals surface area contributed by atoms with Crippen molar-refractivity contribution in [1.82, 2.24) is 5.32 Å². The lowest BCUT2D eigenvalue weighted by atomic mass is 10.3. The van der Waals surface area contributed by atoms with Gasteiger partial charge >= 0.3 is 6.18 Å². The molecule has 0 bridgehead atoms. The first-order valence-corrected chi connectivity index (χ1v) is 4.92. The Morgan fingerprint density at radius 2 is 1.82 bits per heavy atom. The molecule has 0 rings (SSSR count). The predicted octanol–water partition coefficient (Wildman–Crippen LogP) is 2.35. The van der Waals surface area contributed by atoms with E-state index in [0.717, 1.165) is 11.0 Å². The molecule has 0 fully saturated rings. The smallest absolute Gasteiger partial charge is 0.316 e. The first kappa shape index (κ1) is 11.5. The average Bonchev–Trinajstić information content (AvgIpc) is 1.85. The zero-order valence-corrected chi connectivity index (χ0v) is 8.20. The quantitative estimate of drug-likeness (QED) is 0.463. The molecule has 0 saturated heterocycles. The molecule has 11 heavy (non-hydrogen) atoms. The standard InChI is InChI=1S/C6H11F3IN/c7-6(8,9)2-1-4-11-5-3-10/h11H,1-5H2. The van der Waals surface area contributed by atoms with Crippen LogP contribution < -0.4 is 5.32 Å². The lowest BCUT2D eigenvalue weighted by molar-refractivity contribution is -0.135. The summed E-state index contributed by atoms with van der Waals surface area (Å²) in [6.45, 7) is 1.25. The number of rotatable bonds is 5. The van der Waals surface area contributed by atoms with E-state index in [-0.39, 0.29) is 6.42 Å². The van der Waals surface area contributed by atoms with Gasteiger partial charge in [0.25, 0.3) is 0 Å². The third kappa shape index (κ3) is 10.5. The van der Waals surface area contributed by atoms with E-state index in [2.05, 4.69) is 27.9 Å². The second-order valence-corrected chi connectivity index (χ2v) is 3.24. The van der Waals surface area contributed by atoms with Gasteiger partial charge in [0, 0.05) is 17.4 Å². The molecule has 0 radical (unpaired) electrons. The Kier molecular flexibility index (Phi) is 6.31. The van der Waals surface area contributed by atoms with Crippen molar-refractivity contribution in [3.63, 3.8) is 0 Å². The van der Waals surface area contributed by atoms with Gasteiger partial charge in [-0.15, -0.1) is 0 Å². The number of halogens is 4. The van der Waals surface area contributed by atoms with Crippen LogP contribution in [0.4, 0.5) is 13.2 Å². The molecule has 0 aliphatic carbocycles. The molecule has 0 unspecified atom stereocenters. The Hall–Kier alpha value is 0.480. The van der Waals surface area contributed by atoms with Crippen LogP contribution in [0.1, 0.15) is 12.8 Å². The summed E-state index contributed by atoms with van der Waals surface area (Å²) in [5, 5.41) is 2.90. The third-order valence-electron chi connectivity index (χ3n) is 1.09. The maximum absolute atomic E-state index is 11.5. The van der Waals surface area contributed by atoms with Gasteiger partial charge in [-0.2, -0.15) is 13.2 Å². The molecular formula is C6H11F3IN. The minimum atomic E-state index is -3.99. The molecule has 0 saturated carbocycles. The molecular weight excluding hydrogens is 270 g/mol. The molecule has 0 aliphatic rings. The van der Waals surface area contributed by atoms with Gasteiger partial charge in [0.15, 0.2) is 0 Å². The maximum atomic E-state index is 11.5. The molecule has 0 aromatic carbocycles. The summed E-state index contributed by atoms with van der Waals surface area (Å²) in [5.74, 6) is 0. The topological polar surface area (TPSA) is 12.0 Å². The van der Waals surface area contributed by atoms with Crippen molar-refractivity contribution in [1.29, 1.82) is 0 Å². The lowest BCUT2D eigenvalue weighted by Gasteiger charge is -2.05. The van der Waals surface area contributed by atoms with Gasteiger partial charge in [-0.05, 0) is 13.0 Å². The Morgan fingerprint density at radius 1 is 1.18 bits per heavy atom. The first-order valence-electron chi connectivity index (χ1n) is 3.39. The van der Waals surface area contributed by atoms with E-state index in [0.29, 0.717) is 6.54 Å².